The summed E-state index contributed by atoms with van der Waals surface area (Å²) in [5.74, 6) is 1.03. The standard InChI is InChI=1S/C24H25N5O/c1-15-9-10-19-17(12-15)18(13-16(2)26-19)23(30)27-22-14-20(24(3,4)5)28-29(22)21-8-6-7-11-25-21/h6-14H,1-5H3,(H,27,30). The SMILES string of the molecule is Cc1ccc2nc(C)cc(C(=O)Nc3cc(C(C)(C)C)nn3-c3ccccn3)c2c1. The molecule has 0 atom stereocenters. The van der Waals surface area contributed by atoms with Gasteiger partial charge in [-0.05, 0) is 44.2 Å². The number of aryl methyl sites for hydroxylation is 2. The lowest BCUT2D eigenvalue weighted by atomic mass is 9.92. The Morgan fingerprint density at radius 2 is 1.83 bits per heavy atom. The Morgan fingerprint density at radius 3 is 2.53 bits per heavy atom. The van der Waals surface area contributed by atoms with Crippen LogP contribution in [0.25, 0.3) is 16.7 Å². The van der Waals surface area contributed by atoms with Crippen LogP contribution in [-0.4, -0.2) is 25.7 Å². The molecule has 3 heterocycles. The molecule has 1 N–H and O–H groups in total. The molecule has 4 aromatic rings. The van der Waals surface area contributed by atoms with Gasteiger partial charge in [0.1, 0.15) is 5.82 Å². The second kappa shape index (κ2) is 7.37. The summed E-state index contributed by atoms with van der Waals surface area (Å²) in [4.78, 5) is 22.3. The molecule has 0 aliphatic rings. The Morgan fingerprint density at radius 1 is 1.03 bits per heavy atom. The Hall–Kier alpha value is -3.54. The van der Waals surface area contributed by atoms with E-state index in [-0.39, 0.29) is 11.3 Å². The summed E-state index contributed by atoms with van der Waals surface area (Å²) in [6.07, 6.45) is 1.71. The number of nitrogens with one attached hydrogen (secondary N) is 1. The first-order valence-electron chi connectivity index (χ1n) is 9.94. The summed E-state index contributed by atoms with van der Waals surface area (Å²) in [6.45, 7) is 10.2. The molecule has 6 nitrogen and oxygen atoms in total. The molecule has 1 amide bonds. The van der Waals surface area contributed by atoms with Crippen molar-refractivity contribution in [2.45, 2.75) is 40.0 Å². The number of rotatable bonds is 3. The lowest BCUT2D eigenvalue weighted by Crippen LogP contribution is -2.16. The number of amides is 1. The summed E-state index contributed by atoms with van der Waals surface area (Å²) < 4.78 is 1.68. The average molecular weight is 399 g/mol. The number of aromatic nitrogens is 4. The Bertz CT molecular complexity index is 1240. The second-order valence-corrected chi connectivity index (χ2v) is 8.55. The van der Waals surface area contributed by atoms with Crippen LogP contribution < -0.4 is 5.32 Å². The normalized spacial score (nSPS) is 11.6. The molecule has 0 spiro atoms. The summed E-state index contributed by atoms with van der Waals surface area (Å²) in [6, 6.07) is 15.3. The fraction of sp³-hybridized carbons (Fsp3) is 0.250. The largest absolute Gasteiger partial charge is 0.306 e. The van der Waals surface area contributed by atoms with Crippen LogP contribution in [0.15, 0.2) is 54.7 Å². The van der Waals surface area contributed by atoms with Crippen molar-refractivity contribution in [2.24, 2.45) is 0 Å². The fourth-order valence-corrected chi connectivity index (χ4v) is 3.33. The van der Waals surface area contributed by atoms with Gasteiger partial charge in [-0.3, -0.25) is 9.78 Å². The fourth-order valence-electron chi connectivity index (χ4n) is 3.33. The molecule has 30 heavy (non-hydrogen) atoms. The topological polar surface area (TPSA) is 72.7 Å². The van der Waals surface area contributed by atoms with Crippen molar-refractivity contribution < 1.29 is 4.79 Å². The predicted molar refractivity (Wildman–Crippen MR) is 119 cm³/mol. The van der Waals surface area contributed by atoms with Gasteiger partial charge in [0.2, 0.25) is 0 Å². The third-order valence-corrected chi connectivity index (χ3v) is 4.92. The summed E-state index contributed by atoms with van der Waals surface area (Å²) in [5.41, 5.74) is 3.97. The molecule has 6 heteroatoms. The number of nitrogens with zero attached hydrogens (tertiary/aromatic N) is 4. The molecule has 0 bridgehead atoms. The lowest BCUT2D eigenvalue weighted by molar-refractivity contribution is 0.102. The number of hydrogen-bond donors (Lipinski definition) is 1. The molecular weight excluding hydrogens is 374 g/mol. The monoisotopic (exact) mass is 399 g/mol. The summed E-state index contributed by atoms with van der Waals surface area (Å²) in [7, 11) is 0. The first kappa shape index (κ1) is 19.8. The minimum Gasteiger partial charge on any atom is -0.306 e. The van der Waals surface area contributed by atoms with E-state index in [4.69, 9.17) is 5.10 Å². The van der Waals surface area contributed by atoms with Crippen molar-refractivity contribution in [3.05, 3.63) is 77.2 Å². The van der Waals surface area contributed by atoms with E-state index in [1.807, 2.05) is 62.4 Å². The van der Waals surface area contributed by atoms with E-state index in [1.54, 1.807) is 10.9 Å². The molecule has 0 saturated carbocycles. The number of pyridine rings is 2. The second-order valence-electron chi connectivity index (χ2n) is 8.55. The Labute approximate surface area is 176 Å². The van der Waals surface area contributed by atoms with Crippen LogP contribution in [0, 0.1) is 13.8 Å². The van der Waals surface area contributed by atoms with E-state index in [2.05, 4.69) is 36.1 Å². The van der Waals surface area contributed by atoms with Crippen LogP contribution in [0.4, 0.5) is 5.82 Å². The number of carbonyl (C=O) groups excluding carboxylic acids is 1. The molecule has 152 valence electrons. The van der Waals surface area contributed by atoms with E-state index < -0.39 is 0 Å². The van der Waals surface area contributed by atoms with Crippen molar-refractivity contribution in [3.8, 4) is 5.82 Å². The van der Waals surface area contributed by atoms with Gasteiger partial charge < -0.3 is 5.32 Å². The molecule has 0 unspecified atom stereocenters. The van der Waals surface area contributed by atoms with Gasteiger partial charge in [0, 0.05) is 28.8 Å². The first-order chi connectivity index (χ1) is 14.2. The number of anilines is 1. The van der Waals surface area contributed by atoms with Crippen LogP contribution in [0.5, 0.6) is 0 Å². The maximum Gasteiger partial charge on any atom is 0.257 e. The third-order valence-electron chi connectivity index (χ3n) is 4.92. The summed E-state index contributed by atoms with van der Waals surface area (Å²) in [5, 5.41) is 8.60. The van der Waals surface area contributed by atoms with E-state index in [1.165, 1.54) is 0 Å². The van der Waals surface area contributed by atoms with Crippen molar-refractivity contribution in [1.29, 1.82) is 0 Å². The Balaban J connectivity index is 1.80. The third kappa shape index (κ3) is 3.81. The molecular formula is C24H25N5O. The van der Waals surface area contributed by atoms with Crippen LogP contribution in [0.2, 0.25) is 0 Å². The number of carbonyl (C=O) groups is 1. The van der Waals surface area contributed by atoms with Crippen molar-refractivity contribution in [1.82, 2.24) is 19.7 Å². The van der Waals surface area contributed by atoms with Gasteiger partial charge in [-0.25, -0.2) is 4.98 Å². The zero-order valence-electron chi connectivity index (χ0n) is 17.9. The van der Waals surface area contributed by atoms with E-state index >= 15 is 0 Å². The number of benzene rings is 1. The lowest BCUT2D eigenvalue weighted by Gasteiger charge is -2.13. The van der Waals surface area contributed by atoms with Gasteiger partial charge in [-0.15, -0.1) is 0 Å². The predicted octanol–water partition coefficient (Wildman–Crippen LogP) is 4.98. The van der Waals surface area contributed by atoms with Gasteiger partial charge >= 0.3 is 0 Å². The molecule has 1 aromatic carbocycles. The molecule has 0 aliphatic carbocycles. The number of hydrogen-bond acceptors (Lipinski definition) is 4. The molecule has 0 saturated heterocycles. The van der Waals surface area contributed by atoms with Crippen LogP contribution in [-0.2, 0) is 5.41 Å². The smallest absolute Gasteiger partial charge is 0.257 e. The van der Waals surface area contributed by atoms with Gasteiger partial charge in [-0.2, -0.15) is 9.78 Å². The summed E-state index contributed by atoms with van der Waals surface area (Å²) >= 11 is 0. The minimum absolute atomic E-state index is 0.170. The molecule has 3 aromatic heterocycles. The van der Waals surface area contributed by atoms with E-state index in [0.717, 1.165) is 27.9 Å². The maximum atomic E-state index is 13.3. The number of fused-ring (bicyclic) bond motifs is 1. The van der Waals surface area contributed by atoms with Gasteiger partial charge in [0.25, 0.3) is 5.91 Å². The molecule has 0 radical (unpaired) electrons. The minimum atomic E-state index is -0.200. The molecule has 4 rings (SSSR count). The highest BCUT2D eigenvalue weighted by Crippen LogP contribution is 2.27. The van der Waals surface area contributed by atoms with Crippen LogP contribution in [0.1, 0.15) is 48.1 Å². The maximum absolute atomic E-state index is 13.3. The van der Waals surface area contributed by atoms with Gasteiger partial charge in [-0.1, -0.05) is 38.5 Å². The zero-order valence-corrected chi connectivity index (χ0v) is 17.9. The highest BCUT2D eigenvalue weighted by Gasteiger charge is 2.23. The average Bonchev–Trinajstić information content (AvgIpc) is 3.12. The van der Waals surface area contributed by atoms with Gasteiger partial charge in [0.15, 0.2) is 5.82 Å². The highest BCUT2D eigenvalue weighted by atomic mass is 16.1. The Kier molecular flexibility index (Phi) is 4.86. The van der Waals surface area contributed by atoms with Crippen molar-refractivity contribution in [3.63, 3.8) is 0 Å². The molecule has 0 aliphatic heterocycles. The zero-order chi connectivity index (χ0) is 21.5. The van der Waals surface area contributed by atoms with Crippen LogP contribution in [0.3, 0.4) is 0 Å². The van der Waals surface area contributed by atoms with Crippen molar-refractivity contribution in [2.75, 3.05) is 5.32 Å². The first-order valence-corrected chi connectivity index (χ1v) is 9.94. The molecule has 0 fully saturated rings. The van der Waals surface area contributed by atoms with E-state index in [0.29, 0.717) is 17.2 Å². The van der Waals surface area contributed by atoms with Crippen molar-refractivity contribution >= 4 is 22.6 Å². The van der Waals surface area contributed by atoms with Gasteiger partial charge in [0.05, 0.1) is 16.8 Å². The van der Waals surface area contributed by atoms with Crippen LogP contribution >= 0.6 is 0 Å². The highest BCUT2D eigenvalue weighted by molar-refractivity contribution is 6.12. The quantitative estimate of drug-likeness (QED) is 0.527. The van der Waals surface area contributed by atoms with E-state index in [9.17, 15) is 4.79 Å².